The lowest BCUT2D eigenvalue weighted by Crippen LogP contribution is -2.32. The Kier molecular flexibility index (Phi) is 5.63. The molecule has 1 aromatic carbocycles. The number of carbonyl (C=O) groups excluding carboxylic acids is 1. The number of anilines is 1. The van der Waals surface area contributed by atoms with Crippen molar-refractivity contribution in [2.75, 3.05) is 39.5 Å². The fourth-order valence-electron chi connectivity index (χ4n) is 2.49. The van der Waals surface area contributed by atoms with E-state index < -0.39 is 0 Å². The van der Waals surface area contributed by atoms with Crippen LogP contribution in [0.15, 0.2) is 24.3 Å². The van der Waals surface area contributed by atoms with Crippen LogP contribution in [-0.2, 0) is 0 Å². The molecule has 0 spiro atoms. The molecule has 5 heteroatoms. The first-order valence-corrected chi connectivity index (χ1v) is 6.36. The predicted octanol–water partition coefficient (Wildman–Crippen LogP) is 1.71. The summed E-state index contributed by atoms with van der Waals surface area (Å²) < 4.78 is 0. The SMILES string of the molecule is CN1CCC(CN(C)C(=O)c2ccc(N)cc2)C1.Cl. The van der Waals surface area contributed by atoms with E-state index in [0.29, 0.717) is 17.2 Å². The number of amides is 1. The summed E-state index contributed by atoms with van der Waals surface area (Å²) in [6.07, 6.45) is 1.18. The summed E-state index contributed by atoms with van der Waals surface area (Å²) in [4.78, 5) is 16.3. The van der Waals surface area contributed by atoms with Gasteiger partial charge < -0.3 is 15.5 Å². The number of benzene rings is 1. The quantitative estimate of drug-likeness (QED) is 0.860. The molecule has 106 valence electrons. The minimum absolute atomic E-state index is 0. The fourth-order valence-corrected chi connectivity index (χ4v) is 2.49. The van der Waals surface area contributed by atoms with Gasteiger partial charge in [-0.3, -0.25) is 4.79 Å². The van der Waals surface area contributed by atoms with Gasteiger partial charge in [0.25, 0.3) is 5.91 Å². The van der Waals surface area contributed by atoms with Crippen molar-refractivity contribution in [3.05, 3.63) is 29.8 Å². The second-order valence-corrected chi connectivity index (χ2v) is 5.22. The fraction of sp³-hybridized carbons (Fsp3) is 0.500. The van der Waals surface area contributed by atoms with Crippen LogP contribution in [0.2, 0.25) is 0 Å². The average Bonchev–Trinajstić information content (AvgIpc) is 2.75. The maximum absolute atomic E-state index is 12.2. The lowest BCUT2D eigenvalue weighted by molar-refractivity contribution is 0.0774. The minimum Gasteiger partial charge on any atom is -0.399 e. The summed E-state index contributed by atoms with van der Waals surface area (Å²) >= 11 is 0. The molecule has 0 bridgehead atoms. The predicted molar refractivity (Wildman–Crippen MR) is 80.7 cm³/mol. The molecule has 0 aliphatic carbocycles. The van der Waals surface area contributed by atoms with Crippen LogP contribution < -0.4 is 5.73 Å². The Morgan fingerprint density at radius 3 is 2.58 bits per heavy atom. The Morgan fingerprint density at radius 1 is 1.42 bits per heavy atom. The van der Waals surface area contributed by atoms with Crippen LogP contribution in [0.3, 0.4) is 0 Å². The van der Waals surface area contributed by atoms with E-state index in [-0.39, 0.29) is 18.3 Å². The number of likely N-dealkylation sites (tertiary alicyclic amines) is 1. The van der Waals surface area contributed by atoms with E-state index in [1.807, 2.05) is 11.9 Å². The smallest absolute Gasteiger partial charge is 0.253 e. The number of carbonyl (C=O) groups is 1. The van der Waals surface area contributed by atoms with Gasteiger partial charge in [-0.1, -0.05) is 0 Å². The molecule has 1 atom stereocenters. The molecule has 2 rings (SSSR count). The molecule has 4 nitrogen and oxygen atoms in total. The van der Waals surface area contributed by atoms with Gasteiger partial charge in [0.2, 0.25) is 0 Å². The number of hydrogen-bond acceptors (Lipinski definition) is 3. The van der Waals surface area contributed by atoms with Crippen LogP contribution in [0.5, 0.6) is 0 Å². The third-order valence-corrected chi connectivity index (χ3v) is 3.53. The van der Waals surface area contributed by atoms with Crippen molar-refractivity contribution < 1.29 is 4.79 Å². The van der Waals surface area contributed by atoms with Gasteiger partial charge in [0.1, 0.15) is 0 Å². The number of nitrogens with zero attached hydrogens (tertiary/aromatic N) is 2. The maximum atomic E-state index is 12.2. The first kappa shape index (κ1) is 15.8. The molecule has 2 N–H and O–H groups in total. The van der Waals surface area contributed by atoms with Crippen molar-refractivity contribution in [2.45, 2.75) is 6.42 Å². The van der Waals surface area contributed by atoms with Crippen LogP contribution in [0.4, 0.5) is 5.69 Å². The van der Waals surface area contributed by atoms with Gasteiger partial charge in [-0.15, -0.1) is 12.4 Å². The number of hydrogen-bond donors (Lipinski definition) is 1. The zero-order valence-corrected chi connectivity index (χ0v) is 12.3. The highest BCUT2D eigenvalue weighted by atomic mass is 35.5. The topological polar surface area (TPSA) is 49.6 Å². The molecule has 19 heavy (non-hydrogen) atoms. The van der Waals surface area contributed by atoms with Gasteiger partial charge in [0.05, 0.1) is 0 Å². The molecule has 1 amide bonds. The summed E-state index contributed by atoms with van der Waals surface area (Å²) in [6.45, 7) is 3.04. The van der Waals surface area contributed by atoms with E-state index in [4.69, 9.17) is 5.73 Å². The second kappa shape index (κ2) is 6.78. The van der Waals surface area contributed by atoms with Crippen molar-refractivity contribution in [3.8, 4) is 0 Å². The standard InChI is InChI=1S/C14H21N3O.ClH/c1-16-8-7-11(9-16)10-17(2)14(18)12-3-5-13(15)6-4-12;/h3-6,11H,7-10,15H2,1-2H3;1H. The van der Waals surface area contributed by atoms with E-state index >= 15 is 0 Å². The van der Waals surface area contributed by atoms with E-state index in [2.05, 4.69) is 11.9 Å². The summed E-state index contributed by atoms with van der Waals surface area (Å²) in [5.74, 6) is 0.669. The van der Waals surface area contributed by atoms with E-state index in [1.165, 1.54) is 6.42 Å². The number of nitrogens with two attached hydrogens (primary N) is 1. The molecule has 0 aromatic heterocycles. The van der Waals surface area contributed by atoms with Gasteiger partial charge in [-0.25, -0.2) is 0 Å². The number of halogens is 1. The van der Waals surface area contributed by atoms with Crippen LogP contribution in [-0.4, -0.2) is 49.4 Å². The molecule has 1 aliphatic rings. The zero-order chi connectivity index (χ0) is 13.1. The highest BCUT2D eigenvalue weighted by Gasteiger charge is 2.22. The molecule has 0 saturated carbocycles. The monoisotopic (exact) mass is 283 g/mol. The first-order valence-electron chi connectivity index (χ1n) is 6.36. The Bertz CT molecular complexity index is 421. The number of rotatable bonds is 3. The van der Waals surface area contributed by atoms with Gasteiger partial charge in [-0.2, -0.15) is 0 Å². The van der Waals surface area contributed by atoms with Gasteiger partial charge in [-0.05, 0) is 50.2 Å². The average molecular weight is 284 g/mol. The van der Waals surface area contributed by atoms with Crippen molar-refractivity contribution in [1.29, 1.82) is 0 Å². The largest absolute Gasteiger partial charge is 0.399 e. The summed E-state index contributed by atoms with van der Waals surface area (Å²) in [5, 5.41) is 0. The lowest BCUT2D eigenvalue weighted by atomic mass is 10.1. The molecule has 1 heterocycles. The van der Waals surface area contributed by atoms with Crippen LogP contribution >= 0.6 is 12.4 Å². The third-order valence-electron chi connectivity index (χ3n) is 3.53. The second-order valence-electron chi connectivity index (χ2n) is 5.22. The van der Waals surface area contributed by atoms with Crippen LogP contribution in [0.25, 0.3) is 0 Å². The Labute approximate surface area is 121 Å². The Morgan fingerprint density at radius 2 is 2.05 bits per heavy atom. The van der Waals surface area contributed by atoms with E-state index in [0.717, 1.165) is 19.6 Å². The maximum Gasteiger partial charge on any atom is 0.253 e. The Balaban J connectivity index is 0.00000180. The molecule has 1 aromatic rings. The zero-order valence-electron chi connectivity index (χ0n) is 11.5. The summed E-state index contributed by atoms with van der Waals surface area (Å²) in [5.41, 5.74) is 7.01. The van der Waals surface area contributed by atoms with Crippen molar-refractivity contribution in [2.24, 2.45) is 5.92 Å². The highest BCUT2D eigenvalue weighted by molar-refractivity contribution is 5.94. The molecular weight excluding hydrogens is 262 g/mol. The molecular formula is C14H22ClN3O. The molecule has 1 aliphatic heterocycles. The van der Waals surface area contributed by atoms with E-state index in [1.54, 1.807) is 24.3 Å². The van der Waals surface area contributed by atoms with E-state index in [9.17, 15) is 4.79 Å². The van der Waals surface area contributed by atoms with Gasteiger partial charge >= 0.3 is 0 Å². The lowest BCUT2D eigenvalue weighted by Gasteiger charge is -2.21. The van der Waals surface area contributed by atoms with Crippen molar-refractivity contribution >= 4 is 24.0 Å². The van der Waals surface area contributed by atoms with Crippen molar-refractivity contribution in [3.63, 3.8) is 0 Å². The summed E-state index contributed by atoms with van der Waals surface area (Å²) in [7, 11) is 4.00. The van der Waals surface area contributed by atoms with Crippen molar-refractivity contribution in [1.82, 2.24) is 9.80 Å². The molecule has 1 fully saturated rings. The van der Waals surface area contributed by atoms with Crippen LogP contribution in [0.1, 0.15) is 16.8 Å². The number of nitrogen functional groups attached to an aromatic ring is 1. The normalized spacial score (nSPS) is 18.9. The molecule has 1 saturated heterocycles. The minimum atomic E-state index is 0. The van der Waals surface area contributed by atoms with Gasteiger partial charge in [0, 0.05) is 31.4 Å². The third kappa shape index (κ3) is 4.11. The highest BCUT2D eigenvalue weighted by Crippen LogP contribution is 2.16. The first-order chi connectivity index (χ1) is 8.56. The van der Waals surface area contributed by atoms with Crippen LogP contribution in [0, 0.1) is 5.92 Å². The molecule has 1 unspecified atom stereocenters. The Hall–Kier alpha value is -1.26. The molecule has 0 radical (unpaired) electrons. The summed E-state index contributed by atoms with van der Waals surface area (Å²) in [6, 6.07) is 7.11. The van der Waals surface area contributed by atoms with Gasteiger partial charge in [0.15, 0.2) is 0 Å².